The zero-order valence-electron chi connectivity index (χ0n) is 13.0. The Bertz CT molecular complexity index is 519. The van der Waals surface area contributed by atoms with Gasteiger partial charge >= 0.3 is 0 Å². The minimum Gasteiger partial charge on any atom is -0.481 e. The summed E-state index contributed by atoms with van der Waals surface area (Å²) in [5, 5.41) is 0. The first-order valence-electron chi connectivity index (χ1n) is 7.54. The number of likely N-dealkylation sites (tertiary alicyclic amines) is 1. The lowest BCUT2D eigenvalue weighted by Crippen LogP contribution is -2.44. The van der Waals surface area contributed by atoms with Crippen LogP contribution in [0.2, 0.25) is 0 Å². The fourth-order valence-corrected chi connectivity index (χ4v) is 2.53. The molecule has 21 heavy (non-hydrogen) atoms. The van der Waals surface area contributed by atoms with Crippen molar-refractivity contribution in [2.75, 3.05) is 13.1 Å². The third kappa shape index (κ3) is 4.06. The number of piperidine rings is 1. The van der Waals surface area contributed by atoms with Crippen molar-refractivity contribution in [2.45, 2.75) is 39.7 Å². The van der Waals surface area contributed by atoms with E-state index in [4.69, 9.17) is 4.74 Å². The monoisotopic (exact) mass is 289 g/mol. The van der Waals surface area contributed by atoms with Crippen LogP contribution in [0.1, 0.15) is 44.0 Å². The van der Waals surface area contributed by atoms with Gasteiger partial charge in [-0.05, 0) is 44.7 Å². The van der Waals surface area contributed by atoms with E-state index in [1.54, 1.807) is 31.2 Å². The average molecular weight is 289 g/mol. The minimum atomic E-state index is -0.527. The number of ether oxygens (including phenoxy) is 1. The number of carbonyl (C=O) groups excluding carboxylic acids is 2. The van der Waals surface area contributed by atoms with E-state index in [9.17, 15) is 9.59 Å². The summed E-state index contributed by atoms with van der Waals surface area (Å²) in [7, 11) is 0. The fourth-order valence-electron chi connectivity index (χ4n) is 2.53. The second-order valence-electron chi connectivity index (χ2n) is 5.85. The highest BCUT2D eigenvalue weighted by Crippen LogP contribution is 2.19. The number of hydrogen-bond acceptors (Lipinski definition) is 3. The molecule has 1 aromatic carbocycles. The Hall–Kier alpha value is -1.84. The first-order chi connectivity index (χ1) is 9.97. The maximum absolute atomic E-state index is 12.4. The zero-order chi connectivity index (χ0) is 15.4. The van der Waals surface area contributed by atoms with Crippen LogP contribution in [-0.2, 0) is 4.79 Å². The van der Waals surface area contributed by atoms with Gasteiger partial charge in [-0.1, -0.05) is 19.1 Å². The Morgan fingerprint density at radius 3 is 2.57 bits per heavy atom. The fraction of sp³-hybridized carbons (Fsp3) is 0.529. The number of nitrogens with zero attached hydrogens (tertiary/aromatic N) is 1. The molecule has 0 saturated carbocycles. The summed E-state index contributed by atoms with van der Waals surface area (Å²) in [4.78, 5) is 25.6. The third-order valence-corrected chi connectivity index (χ3v) is 4.00. The molecule has 1 aromatic rings. The van der Waals surface area contributed by atoms with Crippen LogP contribution in [0.25, 0.3) is 0 Å². The maximum Gasteiger partial charge on any atom is 0.263 e. The summed E-state index contributed by atoms with van der Waals surface area (Å²) < 4.78 is 5.70. The summed E-state index contributed by atoms with van der Waals surface area (Å²) >= 11 is 0. The Kier molecular flexibility index (Phi) is 4.99. The van der Waals surface area contributed by atoms with Crippen molar-refractivity contribution >= 4 is 11.7 Å². The van der Waals surface area contributed by atoms with E-state index in [2.05, 4.69) is 6.92 Å². The smallest absolute Gasteiger partial charge is 0.263 e. The van der Waals surface area contributed by atoms with Gasteiger partial charge in [0.2, 0.25) is 0 Å². The zero-order valence-corrected chi connectivity index (χ0v) is 13.0. The first kappa shape index (κ1) is 15.5. The summed E-state index contributed by atoms with van der Waals surface area (Å²) in [5.41, 5.74) is 0.596. The van der Waals surface area contributed by atoms with Crippen molar-refractivity contribution in [3.63, 3.8) is 0 Å². The van der Waals surface area contributed by atoms with Gasteiger partial charge in [-0.25, -0.2) is 0 Å². The molecular formula is C17H23NO3. The van der Waals surface area contributed by atoms with E-state index in [0.29, 0.717) is 17.2 Å². The van der Waals surface area contributed by atoms with Crippen molar-refractivity contribution < 1.29 is 14.3 Å². The molecule has 4 heteroatoms. The highest BCUT2D eigenvalue weighted by molar-refractivity contribution is 5.94. The second-order valence-corrected chi connectivity index (χ2v) is 5.85. The normalized spacial score (nSPS) is 17.4. The highest BCUT2D eigenvalue weighted by atomic mass is 16.5. The quantitative estimate of drug-likeness (QED) is 0.801. The molecule has 0 spiro atoms. The van der Waals surface area contributed by atoms with Crippen LogP contribution in [0.4, 0.5) is 0 Å². The molecule has 1 saturated heterocycles. The Morgan fingerprint density at radius 2 is 1.95 bits per heavy atom. The standard InChI is InChI=1S/C17H23NO3/c1-12-7-9-18(10-8-12)17(20)14(3)21-16-6-4-5-15(11-16)13(2)19/h4-6,11-12,14H,7-10H2,1-3H3. The molecular weight excluding hydrogens is 266 g/mol. The highest BCUT2D eigenvalue weighted by Gasteiger charge is 2.25. The summed E-state index contributed by atoms with van der Waals surface area (Å²) in [6, 6.07) is 6.97. The molecule has 1 unspecified atom stereocenters. The van der Waals surface area contributed by atoms with Gasteiger partial charge in [0.15, 0.2) is 11.9 Å². The van der Waals surface area contributed by atoms with Crippen LogP contribution in [0.3, 0.4) is 0 Å². The lowest BCUT2D eigenvalue weighted by atomic mass is 9.99. The third-order valence-electron chi connectivity index (χ3n) is 4.00. The lowest BCUT2D eigenvalue weighted by molar-refractivity contribution is -0.139. The lowest BCUT2D eigenvalue weighted by Gasteiger charge is -2.32. The number of ketones is 1. The molecule has 0 radical (unpaired) electrons. The number of amides is 1. The van der Waals surface area contributed by atoms with Gasteiger partial charge in [0.1, 0.15) is 5.75 Å². The topological polar surface area (TPSA) is 46.6 Å². The number of rotatable bonds is 4. The second kappa shape index (κ2) is 6.74. The maximum atomic E-state index is 12.4. The molecule has 1 aliphatic heterocycles. The predicted molar refractivity (Wildman–Crippen MR) is 81.5 cm³/mol. The van der Waals surface area contributed by atoms with Gasteiger partial charge < -0.3 is 9.64 Å². The van der Waals surface area contributed by atoms with E-state index < -0.39 is 6.10 Å². The molecule has 1 aliphatic rings. The Labute approximate surface area is 126 Å². The Balaban J connectivity index is 1.97. The van der Waals surface area contributed by atoms with Gasteiger partial charge in [-0.2, -0.15) is 0 Å². The Morgan fingerprint density at radius 1 is 1.29 bits per heavy atom. The summed E-state index contributed by atoms with van der Waals surface area (Å²) in [6.07, 6.45) is 1.58. The summed E-state index contributed by atoms with van der Waals surface area (Å²) in [5.74, 6) is 1.27. The average Bonchev–Trinajstić information content (AvgIpc) is 2.47. The van der Waals surface area contributed by atoms with Crippen LogP contribution >= 0.6 is 0 Å². The van der Waals surface area contributed by atoms with Crippen LogP contribution in [0.15, 0.2) is 24.3 Å². The van der Waals surface area contributed by atoms with Crippen molar-refractivity contribution in [3.8, 4) is 5.75 Å². The van der Waals surface area contributed by atoms with Gasteiger partial charge in [-0.3, -0.25) is 9.59 Å². The van der Waals surface area contributed by atoms with E-state index >= 15 is 0 Å². The van der Waals surface area contributed by atoms with E-state index in [-0.39, 0.29) is 11.7 Å². The molecule has 1 atom stereocenters. The molecule has 114 valence electrons. The van der Waals surface area contributed by atoms with E-state index in [0.717, 1.165) is 25.9 Å². The van der Waals surface area contributed by atoms with Crippen LogP contribution in [0, 0.1) is 5.92 Å². The van der Waals surface area contributed by atoms with Crippen molar-refractivity contribution in [1.82, 2.24) is 4.90 Å². The van der Waals surface area contributed by atoms with Crippen LogP contribution in [-0.4, -0.2) is 35.8 Å². The van der Waals surface area contributed by atoms with Crippen molar-refractivity contribution in [1.29, 1.82) is 0 Å². The van der Waals surface area contributed by atoms with Crippen molar-refractivity contribution in [3.05, 3.63) is 29.8 Å². The van der Waals surface area contributed by atoms with Gasteiger partial charge in [0.25, 0.3) is 5.91 Å². The molecule has 1 heterocycles. The summed E-state index contributed by atoms with van der Waals surface area (Å²) in [6.45, 7) is 7.11. The van der Waals surface area contributed by atoms with E-state index in [1.807, 2.05) is 4.90 Å². The number of Topliss-reactive ketones (excluding diaryl/α,β-unsaturated/α-hetero) is 1. The van der Waals surface area contributed by atoms with E-state index in [1.165, 1.54) is 6.92 Å². The van der Waals surface area contributed by atoms with Crippen LogP contribution in [0.5, 0.6) is 5.75 Å². The predicted octanol–water partition coefficient (Wildman–Crippen LogP) is 2.92. The number of benzene rings is 1. The van der Waals surface area contributed by atoms with Gasteiger partial charge in [-0.15, -0.1) is 0 Å². The SMILES string of the molecule is CC(=O)c1cccc(OC(C)C(=O)N2CCC(C)CC2)c1. The van der Waals surface area contributed by atoms with Gasteiger partial charge in [0, 0.05) is 18.7 Å². The molecule has 4 nitrogen and oxygen atoms in total. The first-order valence-corrected chi connectivity index (χ1v) is 7.54. The van der Waals surface area contributed by atoms with Crippen molar-refractivity contribution in [2.24, 2.45) is 5.92 Å². The molecule has 2 rings (SSSR count). The molecule has 1 fully saturated rings. The number of carbonyl (C=O) groups is 2. The largest absolute Gasteiger partial charge is 0.481 e. The molecule has 0 aromatic heterocycles. The number of hydrogen-bond donors (Lipinski definition) is 0. The molecule has 0 aliphatic carbocycles. The van der Waals surface area contributed by atoms with Crippen LogP contribution < -0.4 is 4.74 Å². The van der Waals surface area contributed by atoms with Gasteiger partial charge in [0.05, 0.1) is 0 Å². The molecule has 0 bridgehead atoms. The molecule has 1 amide bonds. The molecule has 0 N–H and O–H groups in total. The minimum absolute atomic E-state index is 0.00977.